The SMILES string of the molecule is CCC(Oc1cccc2ccccc12)C(=O)NCc1cccc(C(F)(F)F)c1. The highest BCUT2D eigenvalue weighted by Crippen LogP contribution is 2.29. The van der Waals surface area contributed by atoms with E-state index in [9.17, 15) is 18.0 Å². The summed E-state index contributed by atoms with van der Waals surface area (Å²) in [6, 6.07) is 18.2. The minimum absolute atomic E-state index is 0.00183. The molecule has 1 unspecified atom stereocenters. The zero-order valence-corrected chi connectivity index (χ0v) is 15.3. The lowest BCUT2D eigenvalue weighted by Gasteiger charge is -2.19. The summed E-state index contributed by atoms with van der Waals surface area (Å²) in [5.74, 6) is 0.229. The molecular formula is C22H20F3NO2. The van der Waals surface area contributed by atoms with Crippen molar-refractivity contribution < 1.29 is 22.7 Å². The molecule has 0 saturated carbocycles. The first-order chi connectivity index (χ1) is 13.4. The van der Waals surface area contributed by atoms with Gasteiger partial charge in [0.05, 0.1) is 5.56 Å². The third kappa shape index (κ3) is 4.63. The van der Waals surface area contributed by atoms with Crippen LogP contribution in [0.15, 0.2) is 66.7 Å². The Kier molecular flexibility index (Phi) is 5.87. The van der Waals surface area contributed by atoms with E-state index < -0.39 is 17.8 Å². The average molecular weight is 387 g/mol. The monoisotopic (exact) mass is 387 g/mol. The first kappa shape index (κ1) is 19.7. The van der Waals surface area contributed by atoms with E-state index in [1.54, 1.807) is 12.1 Å². The van der Waals surface area contributed by atoms with Gasteiger partial charge < -0.3 is 10.1 Å². The summed E-state index contributed by atoms with van der Waals surface area (Å²) < 4.78 is 44.3. The van der Waals surface area contributed by atoms with Crippen LogP contribution in [0.4, 0.5) is 13.2 Å². The van der Waals surface area contributed by atoms with Gasteiger partial charge in [-0.1, -0.05) is 55.5 Å². The number of hydrogen-bond donors (Lipinski definition) is 1. The molecule has 6 heteroatoms. The summed E-state index contributed by atoms with van der Waals surface area (Å²) >= 11 is 0. The highest BCUT2D eigenvalue weighted by molar-refractivity contribution is 5.89. The lowest BCUT2D eigenvalue weighted by Crippen LogP contribution is -2.37. The average Bonchev–Trinajstić information content (AvgIpc) is 2.70. The van der Waals surface area contributed by atoms with E-state index in [-0.39, 0.29) is 12.5 Å². The van der Waals surface area contributed by atoms with Gasteiger partial charge in [-0.15, -0.1) is 0 Å². The third-order valence-corrected chi connectivity index (χ3v) is 4.40. The van der Waals surface area contributed by atoms with E-state index in [1.165, 1.54) is 6.07 Å². The summed E-state index contributed by atoms with van der Waals surface area (Å²) in [4.78, 5) is 12.5. The van der Waals surface area contributed by atoms with Gasteiger partial charge in [0, 0.05) is 11.9 Å². The van der Waals surface area contributed by atoms with E-state index in [2.05, 4.69) is 5.32 Å². The highest BCUT2D eigenvalue weighted by Gasteiger charge is 2.30. The smallest absolute Gasteiger partial charge is 0.416 e. The second kappa shape index (κ2) is 8.33. The van der Waals surface area contributed by atoms with Crippen LogP contribution in [0.5, 0.6) is 5.75 Å². The Labute approximate surface area is 161 Å². The summed E-state index contributed by atoms with van der Waals surface area (Å²) in [5, 5.41) is 4.56. The van der Waals surface area contributed by atoms with Gasteiger partial charge in [-0.25, -0.2) is 0 Å². The predicted octanol–water partition coefficient (Wildman–Crippen LogP) is 5.33. The van der Waals surface area contributed by atoms with Crippen molar-refractivity contribution in [1.29, 1.82) is 0 Å². The Morgan fingerprint density at radius 1 is 1.04 bits per heavy atom. The molecule has 0 radical (unpaired) electrons. The Bertz CT molecular complexity index is 964. The van der Waals surface area contributed by atoms with Gasteiger partial charge in [-0.2, -0.15) is 13.2 Å². The normalized spacial score (nSPS) is 12.6. The molecule has 0 aromatic heterocycles. The largest absolute Gasteiger partial charge is 0.480 e. The fourth-order valence-electron chi connectivity index (χ4n) is 2.93. The van der Waals surface area contributed by atoms with Crippen LogP contribution >= 0.6 is 0 Å². The molecule has 28 heavy (non-hydrogen) atoms. The van der Waals surface area contributed by atoms with Crippen LogP contribution < -0.4 is 10.1 Å². The third-order valence-electron chi connectivity index (χ3n) is 4.40. The van der Waals surface area contributed by atoms with E-state index in [0.29, 0.717) is 17.7 Å². The van der Waals surface area contributed by atoms with Crippen molar-refractivity contribution in [3.05, 3.63) is 77.9 Å². The Morgan fingerprint density at radius 3 is 2.50 bits per heavy atom. The van der Waals surface area contributed by atoms with Gasteiger partial charge in [0.2, 0.25) is 0 Å². The molecule has 0 heterocycles. The standard InChI is InChI=1S/C22H20F3NO2/c1-2-19(28-20-12-6-9-16-8-3-4-11-18(16)20)21(27)26-14-15-7-5-10-17(13-15)22(23,24)25/h3-13,19H,2,14H2,1H3,(H,26,27). The van der Waals surface area contributed by atoms with Crippen LogP contribution in [0.1, 0.15) is 24.5 Å². The lowest BCUT2D eigenvalue weighted by atomic mass is 10.1. The van der Waals surface area contributed by atoms with E-state index in [4.69, 9.17) is 4.74 Å². The van der Waals surface area contributed by atoms with E-state index >= 15 is 0 Å². The lowest BCUT2D eigenvalue weighted by molar-refractivity contribution is -0.137. The molecule has 0 spiro atoms. The fourth-order valence-corrected chi connectivity index (χ4v) is 2.93. The van der Waals surface area contributed by atoms with Gasteiger partial charge in [0.1, 0.15) is 5.75 Å². The van der Waals surface area contributed by atoms with Gasteiger partial charge in [-0.3, -0.25) is 4.79 Å². The van der Waals surface area contributed by atoms with Crippen LogP contribution in [-0.2, 0) is 17.5 Å². The molecule has 0 aliphatic heterocycles. The minimum atomic E-state index is -4.41. The number of benzene rings is 3. The molecule has 1 amide bonds. The van der Waals surface area contributed by atoms with E-state index in [1.807, 2.05) is 43.3 Å². The van der Waals surface area contributed by atoms with E-state index in [0.717, 1.165) is 22.9 Å². The molecule has 0 saturated heterocycles. The molecule has 3 nitrogen and oxygen atoms in total. The zero-order valence-electron chi connectivity index (χ0n) is 15.3. The van der Waals surface area contributed by atoms with Crippen LogP contribution in [-0.4, -0.2) is 12.0 Å². The van der Waals surface area contributed by atoms with Gasteiger partial charge in [-0.05, 0) is 35.6 Å². The maximum absolute atomic E-state index is 12.8. The van der Waals surface area contributed by atoms with Crippen molar-refractivity contribution in [2.24, 2.45) is 0 Å². The quantitative estimate of drug-likeness (QED) is 0.621. The number of amides is 1. The predicted molar refractivity (Wildman–Crippen MR) is 102 cm³/mol. The summed E-state index contributed by atoms with van der Waals surface area (Å²) in [7, 11) is 0. The summed E-state index contributed by atoms with van der Waals surface area (Å²) in [6.07, 6.45) is -4.72. The number of hydrogen-bond acceptors (Lipinski definition) is 2. The van der Waals surface area contributed by atoms with Crippen LogP contribution in [0.25, 0.3) is 10.8 Å². The second-order valence-corrected chi connectivity index (χ2v) is 6.41. The molecule has 146 valence electrons. The molecule has 0 fully saturated rings. The number of carbonyl (C=O) groups is 1. The topological polar surface area (TPSA) is 38.3 Å². The molecule has 3 aromatic carbocycles. The molecule has 0 aliphatic carbocycles. The van der Waals surface area contributed by atoms with Crippen LogP contribution in [0.3, 0.4) is 0 Å². The number of rotatable bonds is 6. The van der Waals surface area contributed by atoms with Gasteiger partial charge in [0.25, 0.3) is 5.91 Å². The number of halogens is 3. The number of carbonyl (C=O) groups excluding carboxylic acids is 1. The second-order valence-electron chi connectivity index (χ2n) is 6.41. The Balaban J connectivity index is 1.69. The van der Waals surface area contributed by atoms with Crippen LogP contribution in [0.2, 0.25) is 0 Å². The summed E-state index contributed by atoms with van der Waals surface area (Å²) in [6.45, 7) is 1.82. The highest BCUT2D eigenvalue weighted by atomic mass is 19.4. The van der Waals surface area contributed by atoms with Crippen molar-refractivity contribution >= 4 is 16.7 Å². The zero-order chi connectivity index (χ0) is 20.1. The number of nitrogens with one attached hydrogen (secondary N) is 1. The van der Waals surface area contributed by atoms with Crippen LogP contribution in [0, 0.1) is 0 Å². The Morgan fingerprint density at radius 2 is 1.75 bits per heavy atom. The molecule has 3 aromatic rings. The Hall–Kier alpha value is -3.02. The molecule has 0 aliphatic rings. The fraction of sp³-hybridized carbons (Fsp3) is 0.227. The summed E-state index contributed by atoms with van der Waals surface area (Å²) in [5.41, 5.74) is -0.360. The first-order valence-electron chi connectivity index (χ1n) is 8.96. The first-order valence-corrected chi connectivity index (χ1v) is 8.96. The van der Waals surface area contributed by atoms with Crippen molar-refractivity contribution in [3.8, 4) is 5.75 Å². The molecular weight excluding hydrogens is 367 g/mol. The maximum atomic E-state index is 12.8. The number of alkyl halides is 3. The number of ether oxygens (including phenoxy) is 1. The molecule has 1 N–H and O–H groups in total. The maximum Gasteiger partial charge on any atom is 0.416 e. The number of fused-ring (bicyclic) bond motifs is 1. The van der Waals surface area contributed by atoms with Gasteiger partial charge in [0.15, 0.2) is 6.10 Å². The minimum Gasteiger partial charge on any atom is -0.480 e. The molecule has 1 atom stereocenters. The molecule has 3 rings (SSSR count). The van der Waals surface area contributed by atoms with Crippen molar-refractivity contribution in [1.82, 2.24) is 5.32 Å². The van der Waals surface area contributed by atoms with Crippen molar-refractivity contribution in [2.45, 2.75) is 32.2 Å². The van der Waals surface area contributed by atoms with Crippen molar-refractivity contribution in [3.63, 3.8) is 0 Å². The van der Waals surface area contributed by atoms with Crippen molar-refractivity contribution in [2.75, 3.05) is 0 Å². The molecule has 0 bridgehead atoms. The van der Waals surface area contributed by atoms with Gasteiger partial charge >= 0.3 is 6.18 Å².